The number of aryl methyl sites for hydroxylation is 1. The van der Waals surface area contributed by atoms with Gasteiger partial charge in [-0.1, -0.05) is 0 Å². The number of halogens is 2. The zero-order valence-corrected chi connectivity index (χ0v) is 7.87. The minimum absolute atomic E-state index is 0.169. The summed E-state index contributed by atoms with van der Waals surface area (Å²) in [5.74, 6) is -2.08. The highest BCUT2D eigenvalue weighted by molar-refractivity contribution is 5.29. The summed E-state index contributed by atoms with van der Waals surface area (Å²) in [5.41, 5.74) is 6.33. The van der Waals surface area contributed by atoms with Gasteiger partial charge in [-0.25, -0.2) is 8.78 Å². The smallest absolute Gasteiger partial charge is 0.272 e. The molecule has 2 heterocycles. The van der Waals surface area contributed by atoms with Crippen LogP contribution in [-0.4, -0.2) is 33.7 Å². The van der Waals surface area contributed by atoms with Gasteiger partial charge in [0.2, 0.25) is 0 Å². The van der Waals surface area contributed by atoms with Gasteiger partial charge in [0, 0.05) is 19.7 Å². The summed E-state index contributed by atoms with van der Waals surface area (Å²) < 4.78 is 26.6. The topological polar surface area (TPSA) is 47.1 Å². The van der Waals surface area contributed by atoms with Crippen LogP contribution >= 0.6 is 0 Å². The van der Waals surface area contributed by atoms with E-state index in [1.807, 2.05) is 0 Å². The van der Waals surface area contributed by atoms with Crippen molar-refractivity contribution in [2.24, 2.45) is 7.05 Å². The number of aromatic nitrogens is 2. The Morgan fingerprint density at radius 3 is 2.64 bits per heavy atom. The summed E-state index contributed by atoms with van der Waals surface area (Å²) in [6.07, 6.45) is 0. The van der Waals surface area contributed by atoms with E-state index in [9.17, 15) is 8.78 Å². The predicted octanol–water partition coefficient (Wildman–Crippen LogP) is 0.453. The lowest BCUT2D eigenvalue weighted by molar-refractivity contribution is -0.134. The van der Waals surface area contributed by atoms with Crippen LogP contribution in [0.1, 0.15) is 5.69 Å². The van der Waals surface area contributed by atoms with Crippen LogP contribution in [0.2, 0.25) is 0 Å². The Hall–Kier alpha value is -1.17. The van der Waals surface area contributed by atoms with Gasteiger partial charge in [-0.3, -0.25) is 9.58 Å². The molecule has 14 heavy (non-hydrogen) atoms. The van der Waals surface area contributed by atoms with Crippen LogP contribution in [0.3, 0.4) is 0 Å². The number of hydrogen-bond donors (Lipinski definition) is 1. The first-order valence-electron chi connectivity index (χ1n) is 4.35. The highest BCUT2D eigenvalue weighted by Crippen LogP contribution is 2.27. The standard InChI is InChI=1S/C8H12F2N4/c1-13-6(2-7(11)12-13)3-14-4-8(9,10)5-14/h2H,3-5H2,1H3,(H2,11,12). The lowest BCUT2D eigenvalue weighted by Gasteiger charge is -2.38. The van der Waals surface area contributed by atoms with Crippen molar-refractivity contribution in [2.75, 3.05) is 18.8 Å². The molecule has 4 nitrogen and oxygen atoms in total. The molecule has 0 aromatic carbocycles. The fraction of sp³-hybridized carbons (Fsp3) is 0.625. The minimum atomic E-state index is -2.51. The molecule has 1 aliphatic heterocycles. The maximum atomic E-state index is 12.5. The Morgan fingerprint density at radius 2 is 2.21 bits per heavy atom. The molecule has 0 bridgehead atoms. The second-order valence-corrected chi connectivity index (χ2v) is 3.69. The summed E-state index contributed by atoms with van der Waals surface area (Å²) in [5, 5.41) is 3.94. The first-order valence-corrected chi connectivity index (χ1v) is 4.35. The third-order valence-corrected chi connectivity index (χ3v) is 2.29. The van der Waals surface area contributed by atoms with E-state index in [1.54, 1.807) is 22.7 Å². The van der Waals surface area contributed by atoms with Crippen molar-refractivity contribution >= 4 is 5.82 Å². The normalized spacial score (nSPS) is 20.8. The van der Waals surface area contributed by atoms with E-state index in [4.69, 9.17) is 5.73 Å². The van der Waals surface area contributed by atoms with Crippen LogP contribution in [0.25, 0.3) is 0 Å². The second kappa shape index (κ2) is 2.91. The summed E-state index contributed by atoms with van der Waals surface area (Å²) in [7, 11) is 1.75. The molecule has 1 aliphatic rings. The van der Waals surface area contributed by atoms with Crippen LogP contribution in [0.5, 0.6) is 0 Å². The molecule has 1 saturated heterocycles. The lowest BCUT2D eigenvalue weighted by Crippen LogP contribution is -2.55. The van der Waals surface area contributed by atoms with Crippen LogP contribution in [0.15, 0.2) is 6.07 Å². The average Bonchev–Trinajstić information content (AvgIpc) is 2.26. The van der Waals surface area contributed by atoms with Crippen LogP contribution < -0.4 is 5.73 Å². The van der Waals surface area contributed by atoms with Crippen LogP contribution in [-0.2, 0) is 13.6 Å². The number of likely N-dealkylation sites (tertiary alicyclic amines) is 1. The van der Waals surface area contributed by atoms with E-state index >= 15 is 0 Å². The molecule has 0 aliphatic carbocycles. The molecule has 0 atom stereocenters. The molecule has 1 fully saturated rings. The zero-order chi connectivity index (χ0) is 10.3. The Balaban J connectivity index is 1.96. The Labute approximate surface area is 80.3 Å². The molecule has 0 spiro atoms. The van der Waals surface area contributed by atoms with Gasteiger partial charge < -0.3 is 5.73 Å². The third-order valence-electron chi connectivity index (χ3n) is 2.29. The van der Waals surface area contributed by atoms with E-state index in [0.717, 1.165) is 5.69 Å². The molecule has 1 aromatic heterocycles. The van der Waals surface area contributed by atoms with Crippen LogP contribution in [0.4, 0.5) is 14.6 Å². The van der Waals surface area contributed by atoms with Crippen molar-refractivity contribution in [1.82, 2.24) is 14.7 Å². The molecule has 0 saturated carbocycles. The van der Waals surface area contributed by atoms with Gasteiger partial charge in [0.15, 0.2) is 0 Å². The first-order chi connectivity index (χ1) is 6.46. The molecule has 78 valence electrons. The van der Waals surface area contributed by atoms with E-state index in [-0.39, 0.29) is 13.1 Å². The molecule has 0 amide bonds. The molecular formula is C8H12F2N4. The minimum Gasteiger partial charge on any atom is -0.382 e. The summed E-state index contributed by atoms with van der Waals surface area (Å²) in [6.45, 7) is 0.145. The zero-order valence-electron chi connectivity index (χ0n) is 7.87. The monoisotopic (exact) mass is 202 g/mol. The quantitative estimate of drug-likeness (QED) is 0.757. The van der Waals surface area contributed by atoms with Gasteiger partial charge in [0.25, 0.3) is 5.92 Å². The van der Waals surface area contributed by atoms with Crippen molar-refractivity contribution < 1.29 is 8.78 Å². The van der Waals surface area contributed by atoms with Gasteiger partial charge in [-0.05, 0) is 0 Å². The van der Waals surface area contributed by atoms with E-state index in [2.05, 4.69) is 5.10 Å². The molecule has 2 rings (SSSR count). The highest BCUT2D eigenvalue weighted by Gasteiger charge is 2.43. The fourth-order valence-electron chi connectivity index (χ4n) is 1.63. The molecule has 0 unspecified atom stereocenters. The molecule has 6 heteroatoms. The van der Waals surface area contributed by atoms with Gasteiger partial charge in [0.05, 0.1) is 18.8 Å². The van der Waals surface area contributed by atoms with Gasteiger partial charge in [0.1, 0.15) is 5.82 Å². The second-order valence-electron chi connectivity index (χ2n) is 3.69. The van der Waals surface area contributed by atoms with Crippen molar-refractivity contribution in [3.8, 4) is 0 Å². The number of hydrogen-bond acceptors (Lipinski definition) is 3. The Morgan fingerprint density at radius 1 is 1.57 bits per heavy atom. The number of nitrogens with two attached hydrogens (primary N) is 1. The largest absolute Gasteiger partial charge is 0.382 e. The number of rotatable bonds is 2. The SMILES string of the molecule is Cn1nc(N)cc1CN1CC(F)(F)C1. The van der Waals surface area contributed by atoms with Gasteiger partial charge in [-0.2, -0.15) is 5.10 Å². The summed E-state index contributed by atoms with van der Waals surface area (Å²) in [6, 6.07) is 1.70. The fourth-order valence-corrected chi connectivity index (χ4v) is 1.63. The van der Waals surface area contributed by atoms with Crippen LogP contribution in [0, 0.1) is 0 Å². The number of nitrogen functional groups attached to an aromatic ring is 1. The van der Waals surface area contributed by atoms with E-state index in [1.165, 1.54) is 0 Å². The first kappa shape index (κ1) is 9.39. The molecular weight excluding hydrogens is 190 g/mol. The average molecular weight is 202 g/mol. The summed E-state index contributed by atoms with van der Waals surface area (Å²) >= 11 is 0. The third kappa shape index (κ3) is 1.70. The Bertz CT molecular complexity index is 339. The maximum absolute atomic E-state index is 12.5. The number of alkyl halides is 2. The summed E-state index contributed by atoms with van der Waals surface area (Å²) in [4.78, 5) is 1.66. The van der Waals surface area contributed by atoms with Gasteiger partial charge >= 0.3 is 0 Å². The Kier molecular flexibility index (Phi) is 1.95. The van der Waals surface area contributed by atoms with Crippen molar-refractivity contribution in [3.05, 3.63) is 11.8 Å². The van der Waals surface area contributed by atoms with Crippen molar-refractivity contribution in [3.63, 3.8) is 0 Å². The molecule has 0 radical (unpaired) electrons. The van der Waals surface area contributed by atoms with E-state index in [0.29, 0.717) is 12.4 Å². The number of anilines is 1. The lowest BCUT2D eigenvalue weighted by atomic mass is 10.1. The highest BCUT2D eigenvalue weighted by atomic mass is 19.3. The van der Waals surface area contributed by atoms with Crippen molar-refractivity contribution in [1.29, 1.82) is 0 Å². The maximum Gasteiger partial charge on any atom is 0.272 e. The van der Waals surface area contributed by atoms with Gasteiger partial charge in [-0.15, -0.1) is 0 Å². The predicted molar refractivity (Wildman–Crippen MR) is 47.8 cm³/mol. The molecule has 1 aromatic rings. The number of nitrogens with zero attached hydrogens (tertiary/aromatic N) is 3. The van der Waals surface area contributed by atoms with Crippen molar-refractivity contribution in [2.45, 2.75) is 12.5 Å². The van der Waals surface area contributed by atoms with E-state index < -0.39 is 5.92 Å². The molecule has 2 N–H and O–H groups in total.